The molecule has 0 aromatic heterocycles. The van der Waals surface area contributed by atoms with E-state index in [-0.39, 0.29) is 29.3 Å². The summed E-state index contributed by atoms with van der Waals surface area (Å²) in [6.07, 6.45) is -0.211. The van der Waals surface area contributed by atoms with Crippen LogP contribution in [0, 0.1) is 10.1 Å². The summed E-state index contributed by atoms with van der Waals surface area (Å²) in [5, 5.41) is 10.7. The number of nitro benzene ring substituents is 1. The summed E-state index contributed by atoms with van der Waals surface area (Å²) in [6, 6.07) is 4.79. The van der Waals surface area contributed by atoms with Gasteiger partial charge in [-0.15, -0.1) is 0 Å². The summed E-state index contributed by atoms with van der Waals surface area (Å²) >= 11 is 0. The Balaban J connectivity index is 2.39. The molecule has 110 valence electrons. The lowest BCUT2D eigenvalue weighted by Crippen LogP contribution is -2.51. The number of nitrogens with zero attached hydrogens (tertiary/aromatic N) is 2. The summed E-state index contributed by atoms with van der Waals surface area (Å²) in [7, 11) is -3.75. The van der Waals surface area contributed by atoms with E-state index in [9.17, 15) is 18.5 Å². The fraction of sp³-hybridized carbons (Fsp3) is 0.500. The molecule has 20 heavy (non-hydrogen) atoms. The Morgan fingerprint density at radius 1 is 1.40 bits per heavy atom. The van der Waals surface area contributed by atoms with Crippen LogP contribution in [0.15, 0.2) is 29.2 Å². The molecule has 1 aliphatic rings. The molecule has 0 saturated carbocycles. The summed E-state index contributed by atoms with van der Waals surface area (Å²) in [4.78, 5) is 10.1. The molecule has 1 aromatic rings. The van der Waals surface area contributed by atoms with E-state index >= 15 is 0 Å². The zero-order valence-electron chi connectivity index (χ0n) is 11.2. The van der Waals surface area contributed by atoms with Gasteiger partial charge in [0, 0.05) is 24.7 Å². The van der Waals surface area contributed by atoms with Crippen molar-refractivity contribution in [1.82, 2.24) is 4.31 Å². The van der Waals surface area contributed by atoms with Crippen molar-refractivity contribution in [2.75, 3.05) is 13.2 Å². The molecule has 0 spiro atoms. The molecule has 0 N–H and O–H groups in total. The Kier molecular flexibility index (Phi) is 4.07. The highest BCUT2D eigenvalue weighted by Gasteiger charge is 2.35. The minimum Gasteiger partial charge on any atom is -0.375 e. The molecule has 0 amide bonds. The quantitative estimate of drug-likeness (QED) is 0.621. The van der Waals surface area contributed by atoms with Crippen LogP contribution in [0.3, 0.4) is 0 Å². The summed E-state index contributed by atoms with van der Waals surface area (Å²) in [5.74, 6) is 0. The topological polar surface area (TPSA) is 89.8 Å². The molecule has 8 heteroatoms. The molecule has 1 aromatic carbocycles. The Hall–Kier alpha value is -1.51. The average molecular weight is 300 g/mol. The minimum absolute atomic E-state index is 0.0624. The number of hydrogen-bond donors (Lipinski definition) is 0. The maximum absolute atomic E-state index is 12.6. The third kappa shape index (κ3) is 2.67. The van der Waals surface area contributed by atoms with Crippen LogP contribution in [0.4, 0.5) is 5.69 Å². The molecular weight excluding hydrogens is 284 g/mol. The molecule has 0 aliphatic carbocycles. The number of benzene rings is 1. The largest absolute Gasteiger partial charge is 0.375 e. The van der Waals surface area contributed by atoms with E-state index in [1.165, 1.54) is 22.5 Å². The highest BCUT2D eigenvalue weighted by atomic mass is 32.2. The first-order valence-corrected chi connectivity index (χ1v) is 7.66. The lowest BCUT2D eigenvalue weighted by molar-refractivity contribution is -0.385. The Morgan fingerprint density at radius 3 is 2.75 bits per heavy atom. The van der Waals surface area contributed by atoms with Crippen molar-refractivity contribution in [2.45, 2.75) is 30.9 Å². The minimum atomic E-state index is -3.75. The molecule has 2 rings (SSSR count). The number of hydrogen-bond acceptors (Lipinski definition) is 5. The van der Waals surface area contributed by atoms with Crippen LogP contribution in [0.25, 0.3) is 0 Å². The second kappa shape index (κ2) is 5.47. The third-order valence-corrected chi connectivity index (χ3v) is 5.44. The van der Waals surface area contributed by atoms with E-state index in [1.54, 1.807) is 13.8 Å². The SMILES string of the molecule is CC1OCCN(S(=O)(=O)c2cccc([N+](=O)[O-])c2)C1C. The number of morpholine rings is 1. The second-order valence-corrected chi connectivity index (χ2v) is 6.58. The van der Waals surface area contributed by atoms with Crippen LogP contribution in [0.2, 0.25) is 0 Å². The van der Waals surface area contributed by atoms with Gasteiger partial charge in [-0.05, 0) is 19.9 Å². The van der Waals surface area contributed by atoms with Gasteiger partial charge in [0.15, 0.2) is 0 Å². The predicted molar refractivity (Wildman–Crippen MR) is 71.9 cm³/mol. The van der Waals surface area contributed by atoms with Crippen LogP contribution < -0.4 is 0 Å². The molecular formula is C12H16N2O5S. The van der Waals surface area contributed by atoms with Gasteiger partial charge in [-0.25, -0.2) is 8.42 Å². The predicted octanol–water partition coefficient (Wildman–Crippen LogP) is 1.39. The van der Waals surface area contributed by atoms with Crippen molar-refractivity contribution < 1.29 is 18.1 Å². The van der Waals surface area contributed by atoms with Gasteiger partial charge >= 0.3 is 0 Å². The van der Waals surface area contributed by atoms with Crippen LogP contribution in [0.1, 0.15) is 13.8 Å². The van der Waals surface area contributed by atoms with E-state index in [1.807, 2.05) is 0 Å². The number of nitro groups is 1. The smallest absolute Gasteiger partial charge is 0.270 e. The molecule has 0 radical (unpaired) electrons. The first kappa shape index (κ1) is 14.9. The summed E-state index contributed by atoms with van der Waals surface area (Å²) < 4.78 is 31.9. The normalized spacial score (nSPS) is 24.5. The van der Waals surface area contributed by atoms with Gasteiger partial charge in [-0.1, -0.05) is 6.07 Å². The van der Waals surface area contributed by atoms with E-state index in [0.717, 1.165) is 6.07 Å². The monoisotopic (exact) mass is 300 g/mol. The van der Waals surface area contributed by atoms with Crippen molar-refractivity contribution in [3.8, 4) is 0 Å². The Labute approximate surface area is 117 Å². The Bertz CT molecular complexity index is 616. The first-order valence-electron chi connectivity index (χ1n) is 6.22. The van der Waals surface area contributed by atoms with Crippen molar-refractivity contribution in [3.63, 3.8) is 0 Å². The van der Waals surface area contributed by atoms with Gasteiger partial charge in [0.05, 0.1) is 22.5 Å². The summed E-state index contributed by atoms with van der Waals surface area (Å²) in [6.45, 7) is 4.13. The molecule has 1 saturated heterocycles. The number of sulfonamides is 1. The van der Waals surface area contributed by atoms with E-state index in [0.29, 0.717) is 6.61 Å². The molecule has 2 unspecified atom stereocenters. The molecule has 1 aliphatic heterocycles. The van der Waals surface area contributed by atoms with Crippen molar-refractivity contribution >= 4 is 15.7 Å². The maximum Gasteiger partial charge on any atom is 0.270 e. The number of rotatable bonds is 3. The third-order valence-electron chi connectivity index (χ3n) is 3.46. The van der Waals surface area contributed by atoms with Crippen LogP contribution in [-0.2, 0) is 14.8 Å². The summed E-state index contributed by atoms with van der Waals surface area (Å²) in [5.41, 5.74) is -0.236. The molecule has 0 bridgehead atoms. The molecule has 2 atom stereocenters. The van der Waals surface area contributed by atoms with E-state index < -0.39 is 14.9 Å². The Morgan fingerprint density at radius 2 is 2.10 bits per heavy atom. The first-order chi connectivity index (χ1) is 9.34. The molecule has 1 heterocycles. The van der Waals surface area contributed by atoms with Crippen molar-refractivity contribution in [1.29, 1.82) is 0 Å². The zero-order valence-corrected chi connectivity index (χ0v) is 12.0. The van der Waals surface area contributed by atoms with Crippen LogP contribution in [0.5, 0.6) is 0 Å². The highest BCUT2D eigenvalue weighted by molar-refractivity contribution is 7.89. The van der Waals surface area contributed by atoms with Crippen LogP contribution in [-0.4, -0.2) is 42.9 Å². The highest BCUT2D eigenvalue weighted by Crippen LogP contribution is 2.25. The van der Waals surface area contributed by atoms with Gasteiger partial charge in [0.1, 0.15) is 0 Å². The maximum atomic E-state index is 12.6. The van der Waals surface area contributed by atoms with Crippen molar-refractivity contribution in [3.05, 3.63) is 34.4 Å². The fourth-order valence-electron chi connectivity index (χ4n) is 2.14. The van der Waals surface area contributed by atoms with Crippen molar-refractivity contribution in [2.24, 2.45) is 0 Å². The van der Waals surface area contributed by atoms with Gasteiger partial charge in [0.2, 0.25) is 10.0 Å². The van der Waals surface area contributed by atoms with Gasteiger partial charge in [-0.3, -0.25) is 10.1 Å². The second-order valence-electron chi connectivity index (χ2n) is 4.69. The number of ether oxygens (including phenoxy) is 1. The molecule has 1 fully saturated rings. The fourth-order valence-corrected chi connectivity index (χ4v) is 3.85. The molecule has 7 nitrogen and oxygen atoms in total. The van der Waals surface area contributed by atoms with E-state index in [4.69, 9.17) is 4.74 Å². The van der Waals surface area contributed by atoms with E-state index in [2.05, 4.69) is 0 Å². The van der Waals surface area contributed by atoms with Crippen LogP contribution >= 0.6 is 0 Å². The number of non-ortho nitro benzene ring substituents is 1. The lowest BCUT2D eigenvalue weighted by Gasteiger charge is -2.36. The standard InChI is InChI=1S/C12H16N2O5S/c1-9-10(2)19-7-6-13(9)20(17,18)12-5-3-4-11(8-12)14(15)16/h3-5,8-10H,6-7H2,1-2H3. The zero-order chi connectivity index (χ0) is 14.9. The average Bonchev–Trinajstić information content (AvgIpc) is 2.41. The lowest BCUT2D eigenvalue weighted by atomic mass is 10.2. The van der Waals surface area contributed by atoms with Gasteiger partial charge < -0.3 is 4.74 Å². The van der Waals surface area contributed by atoms with Gasteiger partial charge in [0.25, 0.3) is 5.69 Å². The van der Waals surface area contributed by atoms with Gasteiger partial charge in [-0.2, -0.15) is 4.31 Å².